The molecule has 2 fully saturated rings. The van der Waals surface area contributed by atoms with E-state index in [0.29, 0.717) is 23.3 Å². The van der Waals surface area contributed by atoms with Crippen LogP contribution in [0.4, 0.5) is 5.69 Å². The van der Waals surface area contributed by atoms with Crippen LogP contribution >= 0.6 is 0 Å². The first-order chi connectivity index (χ1) is 13.1. The molecule has 2 heterocycles. The molecule has 3 atom stereocenters. The lowest BCUT2D eigenvalue weighted by Crippen LogP contribution is -2.43. The number of fused-ring (bicyclic) bond motifs is 2. The lowest BCUT2D eigenvalue weighted by molar-refractivity contribution is -0.144. The Morgan fingerprint density at radius 1 is 1.04 bits per heavy atom. The zero-order chi connectivity index (χ0) is 18.8. The van der Waals surface area contributed by atoms with Crippen molar-refractivity contribution in [2.45, 2.75) is 43.9 Å². The lowest BCUT2D eigenvalue weighted by Gasteiger charge is -2.35. The van der Waals surface area contributed by atoms with Gasteiger partial charge >= 0.3 is 5.97 Å². The Kier molecular flexibility index (Phi) is 4.99. The van der Waals surface area contributed by atoms with E-state index in [1.807, 2.05) is 60.7 Å². The molecule has 2 aromatic carbocycles. The normalized spacial score (nSPS) is 25.4. The summed E-state index contributed by atoms with van der Waals surface area (Å²) in [7, 11) is 2.19. The zero-order valence-corrected chi connectivity index (χ0v) is 15.7. The van der Waals surface area contributed by atoms with Crippen molar-refractivity contribution in [3.05, 3.63) is 65.7 Å². The van der Waals surface area contributed by atoms with Crippen molar-refractivity contribution in [1.29, 1.82) is 0 Å². The topological polar surface area (TPSA) is 55.6 Å². The van der Waals surface area contributed by atoms with Gasteiger partial charge in [-0.2, -0.15) is 0 Å². The van der Waals surface area contributed by atoms with Crippen LogP contribution in [0.2, 0.25) is 0 Å². The van der Waals surface area contributed by atoms with Gasteiger partial charge < -0.3 is 15.4 Å². The zero-order valence-electron chi connectivity index (χ0n) is 15.7. The van der Waals surface area contributed by atoms with Gasteiger partial charge in [-0.15, -0.1) is 0 Å². The molecule has 140 valence electrons. The second-order valence-corrected chi connectivity index (χ2v) is 7.64. The number of esters is 1. The number of ether oxygens (including phenoxy) is 1. The monoisotopic (exact) mass is 362 g/mol. The van der Waals surface area contributed by atoms with E-state index >= 15 is 0 Å². The van der Waals surface area contributed by atoms with Crippen LogP contribution < -0.4 is 5.73 Å². The number of hydrogen-bond acceptors (Lipinski definition) is 4. The highest BCUT2D eigenvalue weighted by molar-refractivity contribution is 6.21. The minimum atomic E-state index is -0.252. The number of hydrogen-bond donors (Lipinski definition) is 1. The number of nitrogens with two attached hydrogens (primary N) is 1. The third-order valence-electron chi connectivity index (χ3n) is 5.88. The number of anilines is 1. The summed E-state index contributed by atoms with van der Waals surface area (Å²) in [6.45, 7) is 0. The van der Waals surface area contributed by atoms with Gasteiger partial charge in [-0.05, 0) is 49.2 Å². The maximum absolute atomic E-state index is 13.1. The van der Waals surface area contributed by atoms with Crippen LogP contribution in [0.3, 0.4) is 0 Å². The summed E-state index contributed by atoms with van der Waals surface area (Å²) in [5, 5.41) is 0. The second-order valence-electron chi connectivity index (χ2n) is 7.64. The van der Waals surface area contributed by atoms with Crippen molar-refractivity contribution < 1.29 is 9.53 Å². The molecule has 4 rings (SSSR count). The van der Waals surface area contributed by atoms with E-state index in [2.05, 4.69) is 11.9 Å². The molecule has 2 saturated heterocycles. The van der Waals surface area contributed by atoms with Crippen LogP contribution in [0.25, 0.3) is 11.6 Å². The molecule has 0 amide bonds. The summed E-state index contributed by atoms with van der Waals surface area (Å²) in [5.41, 5.74) is 8.87. The maximum atomic E-state index is 13.1. The fourth-order valence-corrected chi connectivity index (χ4v) is 4.31. The van der Waals surface area contributed by atoms with E-state index in [4.69, 9.17) is 10.5 Å². The summed E-state index contributed by atoms with van der Waals surface area (Å²) in [6, 6.07) is 18.3. The van der Waals surface area contributed by atoms with Crippen LogP contribution in [0.5, 0.6) is 0 Å². The number of nitrogen functional groups attached to an aromatic ring is 1. The molecule has 0 spiro atoms. The lowest BCUT2D eigenvalue weighted by atomic mass is 9.99. The summed E-state index contributed by atoms with van der Waals surface area (Å²) in [5.74, 6) is -0.252. The van der Waals surface area contributed by atoms with Gasteiger partial charge in [0.15, 0.2) is 0 Å². The maximum Gasteiger partial charge on any atom is 0.339 e. The van der Waals surface area contributed by atoms with E-state index < -0.39 is 0 Å². The summed E-state index contributed by atoms with van der Waals surface area (Å²) in [4.78, 5) is 15.5. The van der Waals surface area contributed by atoms with E-state index in [-0.39, 0.29) is 12.1 Å². The predicted molar refractivity (Wildman–Crippen MR) is 109 cm³/mol. The third-order valence-corrected chi connectivity index (χ3v) is 5.88. The van der Waals surface area contributed by atoms with Crippen molar-refractivity contribution in [2.24, 2.45) is 0 Å². The first-order valence-corrected chi connectivity index (χ1v) is 9.66. The van der Waals surface area contributed by atoms with Crippen LogP contribution in [0, 0.1) is 0 Å². The van der Waals surface area contributed by atoms with Crippen molar-refractivity contribution in [2.75, 3.05) is 12.8 Å². The standard InChI is InChI=1S/C23H26N2O2/c1-25-19-11-12-20(25)15-21(14-19)27-23(26)22(13-16-5-3-2-4-6-16)17-7-9-18(24)10-8-17/h2-10,13,19-21H,11-12,14-15,24H2,1H3/b22-13+/t19-,20+,21?. The molecule has 0 saturated carbocycles. The Hall–Kier alpha value is -2.59. The van der Waals surface area contributed by atoms with Crippen molar-refractivity contribution in [3.8, 4) is 0 Å². The largest absolute Gasteiger partial charge is 0.459 e. The molecule has 0 aromatic heterocycles. The summed E-state index contributed by atoms with van der Waals surface area (Å²) >= 11 is 0. The summed E-state index contributed by atoms with van der Waals surface area (Å²) in [6.07, 6.45) is 6.18. The highest BCUT2D eigenvalue weighted by Crippen LogP contribution is 2.36. The quantitative estimate of drug-likeness (QED) is 0.387. The number of carbonyl (C=O) groups is 1. The highest BCUT2D eigenvalue weighted by Gasteiger charge is 2.40. The van der Waals surface area contributed by atoms with Gasteiger partial charge in [-0.3, -0.25) is 0 Å². The molecule has 2 aliphatic rings. The Labute approximate surface area is 160 Å². The predicted octanol–water partition coefficient (Wildman–Crippen LogP) is 3.98. The smallest absolute Gasteiger partial charge is 0.339 e. The van der Waals surface area contributed by atoms with Gasteiger partial charge in [0, 0.05) is 30.6 Å². The molecule has 1 unspecified atom stereocenters. The summed E-state index contributed by atoms with van der Waals surface area (Å²) < 4.78 is 5.97. The first-order valence-electron chi connectivity index (χ1n) is 9.66. The Morgan fingerprint density at radius 3 is 2.30 bits per heavy atom. The molecule has 2 aliphatic heterocycles. The van der Waals surface area contributed by atoms with E-state index in [0.717, 1.165) is 24.0 Å². The van der Waals surface area contributed by atoms with E-state index in [1.54, 1.807) is 0 Å². The minimum Gasteiger partial charge on any atom is -0.459 e. The molecular weight excluding hydrogens is 336 g/mol. The number of rotatable bonds is 4. The van der Waals surface area contributed by atoms with Gasteiger partial charge in [0.25, 0.3) is 0 Å². The Morgan fingerprint density at radius 2 is 1.67 bits per heavy atom. The first kappa shape index (κ1) is 17.8. The van der Waals surface area contributed by atoms with Crippen LogP contribution in [0.15, 0.2) is 54.6 Å². The number of piperidine rings is 1. The SMILES string of the molecule is CN1[C@@H]2CC[C@H]1CC(OC(=O)/C(=C/c1ccccc1)c1ccc(N)cc1)C2. The molecule has 2 aromatic rings. The number of carbonyl (C=O) groups excluding carboxylic acids is 1. The molecule has 0 aliphatic carbocycles. The van der Waals surface area contributed by atoms with Crippen LogP contribution in [-0.2, 0) is 9.53 Å². The Balaban J connectivity index is 1.57. The van der Waals surface area contributed by atoms with Crippen molar-refractivity contribution >= 4 is 23.3 Å². The third kappa shape index (κ3) is 3.91. The molecule has 2 N–H and O–H groups in total. The number of benzene rings is 2. The molecule has 2 bridgehead atoms. The molecule has 4 nitrogen and oxygen atoms in total. The average molecular weight is 362 g/mol. The van der Waals surface area contributed by atoms with Gasteiger partial charge in [-0.25, -0.2) is 4.79 Å². The molecule has 0 radical (unpaired) electrons. The van der Waals surface area contributed by atoms with Gasteiger partial charge in [0.05, 0.1) is 5.57 Å². The second kappa shape index (κ2) is 7.57. The van der Waals surface area contributed by atoms with Crippen molar-refractivity contribution in [1.82, 2.24) is 4.90 Å². The van der Waals surface area contributed by atoms with Crippen LogP contribution in [-0.4, -0.2) is 36.1 Å². The average Bonchev–Trinajstić information content (AvgIpc) is 2.89. The minimum absolute atomic E-state index is 0.000782. The van der Waals surface area contributed by atoms with Crippen LogP contribution in [0.1, 0.15) is 36.8 Å². The van der Waals surface area contributed by atoms with Crippen molar-refractivity contribution in [3.63, 3.8) is 0 Å². The Bertz CT molecular complexity index is 815. The fourth-order valence-electron chi connectivity index (χ4n) is 4.31. The highest BCUT2D eigenvalue weighted by atomic mass is 16.5. The number of nitrogens with zero attached hydrogens (tertiary/aromatic N) is 1. The van der Waals surface area contributed by atoms with E-state index in [9.17, 15) is 4.79 Å². The molecular formula is C23H26N2O2. The molecule has 4 heteroatoms. The van der Waals surface area contributed by atoms with Gasteiger partial charge in [-0.1, -0.05) is 42.5 Å². The molecule has 27 heavy (non-hydrogen) atoms. The van der Waals surface area contributed by atoms with E-state index in [1.165, 1.54) is 12.8 Å². The van der Waals surface area contributed by atoms with Gasteiger partial charge in [0.2, 0.25) is 0 Å². The fraction of sp³-hybridized carbons (Fsp3) is 0.348. The van der Waals surface area contributed by atoms with Gasteiger partial charge in [0.1, 0.15) is 6.10 Å².